The Bertz CT molecular complexity index is 606. The zero-order valence-electron chi connectivity index (χ0n) is 12.8. The van der Waals surface area contributed by atoms with Crippen molar-refractivity contribution < 1.29 is 0 Å². The van der Waals surface area contributed by atoms with Gasteiger partial charge in [-0.25, -0.2) is 0 Å². The molecule has 2 nitrogen and oxygen atoms in total. The van der Waals surface area contributed by atoms with Crippen LogP contribution in [0.4, 0.5) is 5.69 Å². The van der Waals surface area contributed by atoms with Crippen LogP contribution in [-0.4, -0.2) is 13.6 Å². The number of hydrogen-bond donors (Lipinski definition) is 1. The fourth-order valence-corrected chi connectivity index (χ4v) is 3.53. The van der Waals surface area contributed by atoms with Crippen LogP contribution in [0.15, 0.2) is 48.5 Å². The molecule has 1 unspecified atom stereocenters. The van der Waals surface area contributed by atoms with E-state index in [0.29, 0.717) is 12.5 Å². The molecule has 2 aromatic rings. The van der Waals surface area contributed by atoms with E-state index in [1.54, 1.807) is 5.56 Å². The summed E-state index contributed by atoms with van der Waals surface area (Å²) in [5.41, 5.74) is 11.4. The number of nitrogens with two attached hydrogens (primary N) is 1. The van der Waals surface area contributed by atoms with E-state index in [2.05, 4.69) is 60.5 Å². The molecule has 0 radical (unpaired) electrons. The summed E-state index contributed by atoms with van der Waals surface area (Å²) in [6, 6.07) is 17.4. The predicted molar refractivity (Wildman–Crippen MR) is 89.7 cm³/mol. The second-order valence-corrected chi connectivity index (χ2v) is 6.00. The zero-order chi connectivity index (χ0) is 14.7. The molecule has 2 aromatic carbocycles. The molecule has 1 aliphatic carbocycles. The van der Waals surface area contributed by atoms with Gasteiger partial charge in [0.15, 0.2) is 0 Å². The summed E-state index contributed by atoms with van der Waals surface area (Å²) in [5, 5.41) is 0. The lowest BCUT2D eigenvalue weighted by Gasteiger charge is -2.31. The quantitative estimate of drug-likeness (QED) is 0.925. The van der Waals surface area contributed by atoms with Crippen molar-refractivity contribution in [3.63, 3.8) is 0 Å². The van der Waals surface area contributed by atoms with Crippen LogP contribution in [0, 0.1) is 0 Å². The van der Waals surface area contributed by atoms with Gasteiger partial charge in [0, 0.05) is 31.7 Å². The van der Waals surface area contributed by atoms with Crippen LogP contribution in [0.2, 0.25) is 0 Å². The Morgan fingerprint density at radius 1 is 1.10 bits per heavy atom. The predicted octanol–water partition coefficient (Wildman–Crippen LogP) is 3.70. The molecule has 0 bridgehead atoms. The first-order valence-electron chi connectivity index (χ1n) is 7.86. The van der Waals surface area contributed by atoms with Gasteiger partial charge < -0.3 is 10.6 Å². The maximum absolute atomic E-state index is 5.87. The number of anilines is 1. The minimum Gasteiger partial charge on any atom is -0.374 e. The molecular formula is C19H24N2. The van der Waals surface area contributed by atoms with Crippen molar-refractivity contribution in [2.45, 2.75) is 31.7 Å². The highest BCUT2D eigenvalue weighted by Gasteiger charge is 2.21. The Morgan fingerprint density at radius 2 is 1.86 bits per heavy atom. The number of benzene rings is 2. The molecule has 110 valence electrons. The zero-order valence-corrected chi connectivity index (χ0v) is 12.8. The van der Waals surface area contributed by atoms with E-state index in [1.165, 1.54) is 36.1 Å². The number of aryl methyl sites for hydroxylation is 1. The summed E-state index contributed by atoms with van der Waals surface area (Å²) < 4.78 is 0. The first kappa shape index (κ1) is 14.2. The van der Waals surface area contributed by atoms with Crippen LogP contribution in [-0.2, 0) is 13.0 Å². The third-order valence-electron chi connectivity index (χ3n) is 4.61. The van der Waals surface area contributed by atoms with Crippen LogP contribution in [0.5, 0.6) is 0 Å². The number of nitrogens with zero attached hydrogens (tertiary/aromatic N) is 1. The van der Waals surface area contributed by atoms with E-state index in [4.69, 9.17) is 5.73 Å². The summed E-state index contributed by atoms with van der Waals surface area (Å²) in [6.45, 7) is 1.66. The Hall–Kier alpha value is -1.80. The SMILES string of the molecule is CN(CC1CCCc2ccccc21)c1ccccc1CN. The molecule has 2 N–H and O–H groups in total. The highest BCUT2D eigenvalue weighted by atomic mass is 15.1. The molecular weight excluding hydrogens is 256 g/mol. The molecule has 0 saturated heterocycles. The third kappa shape index (κ3) is 2.96. The largest absolute Gasteiger partial charge is 0.374 e. The maximum Gasteiger partial charge on any atom is 0.0409 e. The fourth-order valence-electron chi connectivity index (χ4n) is 3.53. The van der Waals surface area contributed by atoms with Crippen molar-refractivity contribution in [1.29, 1.82) is 0 Å². The molecule has 0 saturated carbocycles. The number of rotatable bonds is 4. The summed E-state index contributed by atoms with van der Waals surface area (Å²) in [5.74, 6) is 0.630. The van der Waals surface area contributed by atoms with Crippen molar-refractivity contribution in [3.8, 4) is 0 Å². The summed E-state index contributed by atoms with van der Waals surface area (Å²) >= 11 is 0. The van der Waals surface area contributed by atoms with E-state index >= 15 is 0 Å². The number of likely N-dealkylation sites (N-methyl/N-ethyl adjacent to an activating group) is 1. The minimum atomic E-state index is 0.599. The Kier molecular flexibility index (Phi) is 4.26. The Morgan fingerprint density at radius 3 is 2.71 bits per heavy atom. The first-order chi connectivity index (χ1) is 10.3. The van der Waals surface area contributed by atoms with Gasteiger partial charge in [0.25, 0.3) is 0 Å². The van der Waals surface area contributed by atoms with E-state index in [-0.39, 0.29) is 0 Å². The van der Waals surface area contributed by atoms with Crippen molar-refractivity contribution in [2.75, 3.05) is 18.5 Å². The van der Waals surface area contributed by atoms with Crippen molar-refractivity contribution >= 4 is 5.69 Å². The van der Waals surface area contributed by atoms with Crippen LogP contribution in [0.3, 0.4) is 0 Å². The lowest BCUT2D eigenvalue weighted by atomic mass is 9.82. The molecule has 0 amide bonds. The summed E-state index contributed by atoms with van der Waals surface area (Å²) in [4.78, 5) is 2.37. The standard InChI is InChI=1S/C19H24N2/c1-21(19-12-5-3-8-16(19)13-20)14-17-10-6-9-15-7-2-4-11-18(15)17/h2-5,7-8,11-12,17H,6,9-10,13-14,20H2,1H3. The molecule has 0 aliphatic heterocycles. The maximum atomic E-state index is 5.87. The third-order valence-corrected chi connectivity index (χ3v) is 4.61. The van der Waals surface area contributed by atoms with Gasteiger partial charge in [-0.05, 0) is 42.0 Å². The number of hydrogen-bond acceptors (Lipinski definition) is 2. The second kappa shape index (κ2) is 6.31. The van der Waals surface area contributed by atoms with Crippen molar-refractivity contribution in [1.82, 2.24) is 0 Å². The average molecular weight is 280 g/mol. The molecule has 1 aliphatic rings. The molecule has 21 heavy (non-hydrogen) atoms. The Labute approximate surface area is 127 Å². The first-order valence-corrected chi connectivity index (χ1v) is 7.86. The molecule has 1 atom stereocenters. The van der Waals surface area contributed by atoms with Crippen LogP contribution >= 0.6 is 0 Å². The van der Waals surface area contributed by atoms with Crippen LogP contribution < -0.4 is 10.6 Å². The van der Waals surface area contributed by atoms with E-state index in [9.17, 15) is 0 Å². The lowest BCUT2D eigenvalue weighted by Crippen LogP contribution is -2.27. The van der Waals surface area contributed by atoms with Crippen LogP contribution in [0.25, 0.3) is 0 Å². The van der Waals surface area contributed by atoms with Crippen molar-refractivity contribution in [2.24, 2.45) is 5.73 Å². The monoisotopic (exact) mass is 280 g/mol. The second-order valence-electron chi connectivity index (χ2n) is 6.00. The van der Waals surface area contributed by atoms with Gasteiger partial charge in [-0.2, -0.15) is 0 Å². The van der Waals surface area contributed by atoms with Gasteiger partial charge in [0.2, 0.25) is 0 Å². The molecule has 0 fully saturated rings. The number of fused-ring (bicyclic) bond motifs is 1. The molecule has 0 spiro atoms. The minimum absolute atomic E-state index is 0.599. The highest BCUT2D eigenvalue weighted by molar-refractivity contribution is 5.53. The van der Waals surface area contributed by atoms with Gasteiger partial charge in [0.1, 0.15) is 0 Å². The van der Waals surface area contributed by atoms with E-state index in [1.807, 2.05) is 0 Å². The Balaban J connectivity index is 1.81. The van der Waals surface area contributed by atoms with E-state index in [0.717, 1.165) is 6.54 Å². The topological polar surface area (TPSA) is 29.3 Å². The highest BCUT2D eigenvalue weighted by Crippen LogP contribution is 2.33. The number of para-hydroxylation sites is 1. The molecule has 0 heterocycles. The normalized spacial score (nSPS) is 17.3. The molecule has 2 heteroatoms. The van der Waals surface area contributed by atoms with Gasteiger partial charge in [-0.1, -0.05) is 42.5 Å². The lowest BCUT2D eigenvalue weighted by molar-refractivity contribution is 0.550. The molecule has 0 aromatic heterocycles. The molecule has 3 rings (SSSR count). The smallest absolute Gasteiger partial charge is 0.0409 e. The fraction of sp³-hybridized carbons (Fsp3) is 0.368. The van der Waals surface area contributed by atoms with Gasteiger partial charge in [-0.3, -0.25) is 0 Å². The summed E-state index contributed by atoms with van der Waals surface area (Å²) in [6.07, 6.45) is 3.82. The average Bonchev–Trinajstić information content (AvgIpc) is 2.55. The van der Waals surface area contributed by atoms with Gasteiger partial charge in [-0.15, -0.1) is 0 Å². The van der Waals surface area contributed by atoms with Crippen molar-refractivity contribution in [3.05, 3.63) is 65.2 Å². The van der Waals surface area contributed by atoms with Gasteiger partial charge in [0.05, 0.1) is 0 Å². The van der Waals surface area contributed by atoms with Crippen LogP contribution in [0.1, 0.15) is 35.4 Å². The van der Waals surface area contributed by atoms with E-state index < -0.39 is 0 Å². The summed E-state index contributed by atoms with van der Waals surface area (Å²) in [7, 11) is 2.19. The van der Waals surface area contributed by atoms with Gasteiger partial charge >= 0.3 is 0 Å².